The van der Waals surface area contributed by atoms with Gasteiger partial charge in [0.05, 0.1) is 0 Å². The average molecular weight is 1180 g/mol. The molecule has 0 N–H and O–H groups in total. The normalized spacial score (nSPS) is 13.8. The number of carbonyl (C=O) groups excluding carboxylic acids is 8. The van der Waals surface area contributed by atoms with Crippen LogP contribution in [0.1, 0.15) is 82.9 Å². The predicted molar refractivity (Wildman–Crippen MR) is 255 cm³/mol. The summed E-state index contributed by atoms with van der Waals surface area (Å²) in [6, 6.07) is 6.20. The lowest BCUT2D eigenvalue weighted by Gasteiger charge is -2.26. The molecule has 9 rings (SSSR count). The fraction of sp³-hybridized carbons (Fsp3) is 0. The minimum atomic E-state index is -2.53. The average Bonchev–Trinajstić information content (AvgIpc) is 1.14. The molecule has 0 aliphatic carbocycles. The second-order valence-electron chi connectivity index (χ2n) is 17.4. The van der Waals surface area contributed by atoms with Crippen molar-refractivity contribution in [3.05, 3.63) is 259 Å². The van der Waals surface area contributed by atoms with Crippen LogP contribution in [0.2, 0.25) is 0 Å². The maximum absolute atomic E-state index is 15.8. The molecule has 0 fully saturated rings. The highest BCUT2D eigenvalue weighted by molar-refractivity contribution is 6.31. The summed E-state index contributed by atoms with van der Waals surface area (Å²) in [6.45, 7) is 0. The van der Waals surface area contributed by atoms with Crippen molar-refractivity contribution in [3.63, 3.8) is 0 Å². The molecule has 0 radical (unpaired) electrons. The largest absolute Gasteiger partial charge is 0.268 e. The molecule has 28 heteroatoms. The van der Waals surface area contributed by atoms with E-state index in [0.717, 1.165) is 0 Å². The highest BCUT2D eigenvalue weighted by atomic mass is 19.2. The van der Waals surface area contributed by atoms with E-state index >= 15 is 35.1 Å². The molecule has 12 nitrogen and oxygen atoms in total. The number of nitrogens with zero attached hydrogens (tertiary/aromatic N) is 4. The Labute approximate surface area is 456 Å². The van der Waals surface area contributed by atoms with Crippen molar-refractivity contribution < 1.29 is 109 Å². The third-order valence-corrected chi connectivity index (χ3v) is 12.3. The molecule has 1 aliphatic heterocycles. The molecule has 8 aromatic rings. The van der Waals surface area contributed by atoms with Crippen molar-refractivity contribution in [3.8, 4) is 0 Å². The Hall–Kier alpha value is -10.8. The molecule has 0 unspecified atom stereocenters. The number of anilines is 4. The zero-order valence-corrected chi connectivity index (χ0v) is 40.6. The topological polar surface area (TPSA) is 150 Å². The first kappa shape index (κ1) is 57.9. The van der Waals surface area contributed by atoms with E-state index in [2.05, 4.69) is 0 Å². The Morgan fingerprint density at radius 1 is 0.190 bits per heavy atom. The van der Waals surface area contributed by atoms with E-state index in [-0.39, 0.29) is 24.3 Å². The third kappa shape index (κ3) is 9.80. The lowest BCUT2D eigenvalue weighted by atomic mass is 10.0. The van der Waals surface area contributed by atoms with Gasteiger partial charge in [0.2, 0.25) is 0 Å². The van der Waals surface area contributed by atoms with E-state index in [1.807, 2.05) is 0 Å². The summed E-state index contributed by atoms with van der Waals surface area (Å²) in [5.41, 5.74) is -18.9. The highest BCUT2D eigenvalue weighted by Crippen LogP contribution is 2.37. The predicted octanol–water partition coefficient (Wildman–Crippen LogP) is 12.2. The molecule has 0 spiro atoms. The van der Waals surface area contributed by atoms with Gasteiger partial charge < -0.3 is 0 Å². The second kappa shape index (κ2) is 21.9. The van der Waals surface area contributed by atoms with Gasteiger partial charge in [0.25, 0.3) is 47.3 Å². The van der Waals surface area contributed by atoms with E-state index in [4.69, 9.17) is 0 Å². The van der Waals surface area contributed by atoms with Gasteiger partial charge in [0.1, 0.15) is 22.7 Å². The van der Waals surface area contributed by atoms with Crippen LogP contribution in [-0.4, -0.2) is 47.3 Å². The molecule has 84 heavy (non-hydrogen) atoms. The molecule has 0 saturated carbocycles. The number of rotatable bonds is 4. The minimum absolute atomic E-state index is 0.227. The van der Waals surface area contributed by atoms with Crippen molar-refractivity contribution in [2.24, 2.45) is 0 Å². The van der Waals surface area contributed by atoms with Gasteiger partial charge in [-0.3, -0.25) is 38.4 Å². The molecule has 8 aromatic carbocycles. The molecule has 1 aliphatic rings. The molecule has 1 heterocycles. The lowest BCUT2D eigenvalue weighted by molar-refractivity contribution is 0.0879. The second-order valence-corrected chi connectivity index (χ2v) is 17.4. The fourth-order valence-electron chi connectivity index (χ4n) is 8.38. The number of carbonyl (C=O) groups is 8. The summed E-state index contributed by atoms with van der Waals surface area (Å²) in [5, 5.41) is 0. The smallest absolute Gasteiger partial charge is 0.265 e. The highest BCUT2D eigenvalue weighted by Gasteiger charge is 2.41. The number of amides is 8. The van der Waals surface area contributed by atoms with Gasteiger partial charge in [-0.1, -0.05) is 24.3 Å². The Kier molecular flexibility index (Phi) is 15.1. The van der Waals surface area contributed by atoms with Gasteiger partial charge in [-0.15, -0.1) is 0 Å². The molecule has 0 atom stereocenters. The molecular formula is C56H20F16N4O8. The van der Waals surface area contributed by atoms with Crippen LogP contribution in [0.25, 0.3) is 0 Å². The van der Waals surface area contributed by atoms with Crippen LogP contribution >= 0.6 is 0 Å². The van der Waals surface area contributed by atoms with Crippen LogP contribution in [0.4, 0.5) is 93.0 Å². The standard InChI is InChI=1S/C56H20F16N4O8/c57-29-17-30(58)38(66)45(37(29)65)73-49(77)21-5-1-6-22(13-21)50(78)74(46-39(67)31(59)18-32(60)40(46)68)52(80)24-8-3-10-26(15-24)54(82)76(48-43(71)35(63)20-36(64)44(48)72)56(84)28-12-4-11-27(16-28)55(83)75(47-41(69)33(61)19-34(62)42(47)70)53(81)25-9-2-7-23(14-25)51(73)79/h1-20H. The van der Waals surface area contributed by atoms with Gasteiger partial charge in [0, 0.05) is 68.8 Å². The number of hydrogen-bond acceptors (Lipinski definition) is 8. The SMILES string of the molecule is O=C1c2cccc(c2)C(=O)N(c2c(F)c(F)cc(F)c2F)C(=O)c2cccc(c2)C(=O)N(c2c(F)c(F)cc(F)c2F)C(=O)c2cccc(c2)C(=O)N(c2c(F)c(F)cc(F)c2F)C(=O)c2cccc(c2)C(=O)N1c1c(F)c(F)cc(F)c1F. The van der Waals surface area contributed by atoms with E-state index in [1.165, 1.54) is 0 Å². The van der Waals surface area contributed by atoms with Gasteiger partial charge in [-0.2, -0.15) is 0 Å². The molecule has 8 bridgehead atoms. The molecule has 0 aromatic heterocycles. The van der Waals surface area contributed by atoms with E-state index in [0.29, 0.717) is 72.8 Å². The zero-order chi connectivity index (χ0) is 61.2. The summed E-state index contributed by atoms with van der Waals surface area (Å²) in [7, 11) is 0. The van der Waals surface area contributed by atoms with Crippen LogP contribution in [0.15, 0.2) is 121 Å². The number of halogens is 16. The summed E-state index contributed by atoms with van der Waals surface area (Å²) in [6.07, 6.45) is 0. The third-order valence-electron chi connectivity index (χ3n) is 12.3. The maximum Gasteiger partial charge on any atom is 0.265 e. The number of benzene rings is 8. The van der Waals surface area contributed by atoms with Gasteiger partial charge >= 0.3 is 0 Å². The van der Waals surface area contributed by atoms with E-state index < -0.39 is 251 Å². The van der Waals surface area contributed by atoms with Crippen molar-refractivity contribution in [2.75, 3.05) is 19.6 Å². The molecule has 424 valence electrons. The Balaban J connectivity index is 1.36. The van der Waals surface area contributed by atoms with Gasteiger partial charge in [-0.05, 0) is 72.8 Å². The van der Waals surface area contributed by atoms with Crippen molar-refractivity contribution >= 4 is 70.0 Å². The summed E-state index contributed by atoms with van der Waals surface area (Å²) in [4.78, 5) is 114. The maximum atomic E-state index is 15.8. The Morgan fingerprint density at radius 3 is 0.429 bits per heavy atom. The molecular weight excluding hydrogens is 1160 g/mol. The number of hydrogen-bond donors (Lipinski definition) is 0. The molecule has 0 saturated heterocycles. The lowest BCUT2D eigenvalue weighted by Crippen LogP contribution is -2.41. The van der Waals surface area contributed by atoms with Crippen LogP contribution in [0, 0.1) is 93.1 Å². The monoisotopic (exact) mass is 1180 g/mol. The Morgan fingerprint density at radius 2 is 0.310 bits per heavy atom. The molecule has 8 amide bonds. The van der Waals surface area contributed by atoms with Gasteiger partial charge in [0.15, 0.2) is 93.1 Å². The zero-order valence-electron chi connectivity index (χ0n) is 40.6. The summed E-state index contributed by atoms with van der Waals surface area (Å²) in [5.74, 6) is -56.0. The van der Waals surface area contributed by atoms with Crippen molar-refractivity contribution in [2.45, 2.75) is 0 Å². The van der Waals surface area contributed by atoms with E-state index in [1.54, 1.807) is 0 Å². The van der Waals surface area contributed by atoms with Crippen molar-refractivity contribution in [1.29, 1.82) is 0 Å². The van der Waals surface area contributed by atoms with Crippen LogP contribution in [0.3, 0.4) is 0 Å². The van der Waals surface area contributed by atoms with Crippen molar-refractivity contribution in [1.82, 2.24) is 0 Å². The summed E-state index contributed by atoms with van der Waals surface area (Å²) >= 11 is 0. The first-order valence-electron chi connectivity index (χ1n) is 22.9. The quantitative estimate of drug-likeness (QED) is 0.0960. The van der Waals surface area contributed by atoms with Crippen LogP contribution in [-0.2, 0) is 0 Å². The minimum Gasteiger partial charge on any atom is -0.268 e. The van der Waals surface area contributed by atoms with Crippen LogP contribution in [0.5, 0.6) is 0 Å². The first-order valence-corrected chi connectivity index (χ1v) is 22.9. The number of fused-ring (bicyclic) bond motifs is 8. The first-order chi connectivity index (χ1) is 39.7. The Bertz CT molecular complexity index is 3530. The van der Waals surface area contributed by atoms with Gasteiger partial charge in [-0.25, -0.2) is 89.8 Å². The number of imide groups is 4. The fourth-order valence-corrected chi connectivity index (χ4v) is 8.38. The van der Waals surface area contributed by atoms with E-state index in [9.17, 15) is 73.5 Å². The summed E-state index contributed by atoms with van der Waals surface area (Å²) < 4.78 is 247. The van der Waals surface area contributed by atoms with Crippen LogP contribution < -0.4 is 19.6 Å².